The molecule has 0 aliphatic rings. The Kier molecular flexibility index (Phi) is 4.26. The van der Waals surface area contributed by atoms with Gasteiger partial charge >= 0.3 is 0 Å². The Morgan fingerprint density at radius 2 is 2.14 bits per heavy atom. The predicted molar refractivity (Wildman–Crippen MR) is 59.4 cm³/mol. The first kappa shape index (κ1) is 10.9. The van der Waals surface area contributed by atoms with Crippen LogP contribution in [-0.2, 0) is 6.42 Å². The van der Waals surface area contributed by atoms with E-state index in [1.165, 1.54) is 5.56 Å². The maximum atomic E-state index is 5.82. The minimum Gasteiger partial charge on any atom is -0.492 e. The van der Waals surface area contributed by atoms with Gasteiger partial charge in [0.2, 0.25) is 0 Å². The summed E-state index contributed by atoms with van der Waals surface area (Å²) in [4.78, 5) is 0. The molecule has 0 bridgehead atoms. The second-order valence-electron chi connectivity index (χ2n) is 3.20. The Morgan fingerprint density at radius 3 is 2.71 bits per heavy atom. The number of anilines is 1. The van der Waals surface area contributed by atoms with Gasteiger partial charge in [-0.2, -0.15) is 0 Å². The molecule has 0 unspecified atom stereocenters. The van der Waals surface area contributed by atoms with E-state index in [9.17, 15) is 0 Å². The highest BCUT2D eigenvalue weighted by molar-refractivity contribution is 5.54. The second-order valence-corrected chi connectivity index (χ2v) is 3.20. The van der Waals surface area contributed by atoms with Crippen LogP contribution in [0.25, 0.3) is 0 Å². The van der Waals surface area contributed by atoms with E-state index in [4.69, 9.17) is 16.2 Å². The normalized spacial score (nSPS) is 10.1. The van der Waals surface area contributed by atoms with Gasteiger partial charge in [-0.3, -0.25) is 0 Å². The fraction of sp³-hybridized carbons (Fsp3) is 0.455. The maximum Gasteiger partial charge on any atom is 0.142 e. The maximum absolute atomic E-state index is 5.82. The van der Waals surface area contributed by atoms with Gasteiger partial charge < -0.3 is 16.2 Å². The van der Waals surface area contributed by atoms with Crippen molar-refractivity contribution >= 4 is 5.69 Å². The lowest BCUT2D eigenvalue weighted by Gasteiger charge is -2.08. The van der Waals surface area contributed by atoms with Gasteiger partial charge in [-0.05, 0) is 44.0 Å². The summed E-state index contributed by atoms with van der Waals surface area (Å²) in [7, 11) is 0. The lowest BCUT2D eigenvalue weighted by molar-refractivity contribution is 0.342. The highest BCUT2D eigenvalue weighted by Gasteiger charge is 2.00. The monoisotopic (exact) mass is 194 g/mol. The molecule has 1 aromatic rings. The van der Waals surface area contributed by atoms with Gasteiger partial charge in [-0.15, -0.1) is 0 Å². The van der Waals surface area contributed by atoms with Crippen molar-refractivity contribution in [3.05, 3.63) is 23.8 Å². The van der Waals surface area contributed by atoms with Crippen molar-refractivity contribution in [2.24, 2.45) is 5.73 Å². The highest BCUT2D eigenvalue weighted by atomic mass is 16.5. The molecular weight excluding hydrogens is 176 g/mol. The summed E-state index contributed by atoms with van der Waals surface area (Å²) in [6.45, 7) is 3.31. The first-order chi connectivity index (χ1) is 6.77. The van der Waals surface area contributed by atoms with Gasteiger partial charge in [-0.25, -0.2) is 0 Å². The molecule has 0 saturated carbocycles. The number of rotatable bonds is 5. The van der Waals surface area contributed by atoms with Crippen molar-refractivity contribution in [3.8, 4) is 5.75 Å². The summed E-state index contributed by atoms with van der Waals surface area (Å²) in [6, 6.07) is 5.92. The van der Waals surface area contributed by atoms with Crippen LogP contribution in [0.2, 0.25) is 0 Å². The van der Waals surface area contributed by atoms with E-state index in [2.05, 4.69) is 0 Å². The van der Waals surface area contributed by atoms with Crippen LogP contribution in [-0.4, -0.2) is 13.2 Å². The van der Waals surface area contributed by atoms with Gasteiger partial charge in [0.1, 0.15) is 5.75 Å². The van der Waals surface area contributed by atoms with E-state index in [0.717, 1.165) is 18.6 Å². The third kappa shape index (κ3) is 2.92. The Morgan fingerprint density at radius 1 is 1.36 bits per heavy atom. The van der Waals surface area contributed by atoms with Crippen LogP contribution in [0.15, 0.2) is 18.2 Å². The van der Waals surface area contributed by atoms with Crippen molar-refractivity contribution in [2.75, 3.05) is 18.9 Å². The van der Waals surface area contributed by atoms with E-state index in [1.54, 1.807) is 0 Å². The van der Waals surface area contributed by atoms with Crippen LogP contribution in [0, 0.1) is 0 Å². The van der Waals surface area contributed by atoms with Crippen molar-refractivity contribution in [2.45, 2.75) is 19.8 Å². The lowest BCUT2D eigenvalue weighted by Crippen LogP contribution is -2.01. The number of nitrogen functional groups attached to an aromatic ring is 1. The summed E-state index contributed by atoms with van der Waals surface area (Å²) < 4.78 is 5.35. The van der Waals surface area contributed by atoms with Gasteiger partial charge in [0.15, 0.2) is 0 Å². The quantitative estimate of drug-likeness (QED) is 0.699. The van der Waals surface area contributed by atoms with E-state index in [-0.39, 0.29) is 0 Å². The molecule has 0 radical (unpaired) electrons. The van der Waals surface area contributed by atoms with Gasteiger partial charge in [0.25, 0.3) is 0 Å². The van der Waals surface area contributed by atoms with E-state index < -0.39 is 0 Å². The Hall–Kier alpha value is -1.22. The Bertz CT molecular complexity index is 287. The zero-order valence-electron chi connectivity index (χ0n) is 8.62. The average molecular weight is 194 g/mol. The SMILES string of the molecule is CCOc1ccc(CCCN)cc1N. The molecule has 3 heteroatoms. The predicted octanol–water partition coefficient (Wildman–Crippen LogP) is 1.56. The first-order valence-electron chi connectivity index (χ1n) is 4.99. The summed E-state index contributed by atoms with van der Waals surface area (Å²) in [6.07, 6.45) is 1.97. The molecule has 0 aliphatic carbocycles. The number of hydrogen-bond donors (Lipinski definition) is 2. The largest absolute Gasteiger partial charge is 0.492 e. The third-order valence-corrected chi connectivity index (χ3v) is 2.04. The summed E-state index contributed by atoms with van der Waals surface area (Å²) in [5, 5.41) is 0. The molecule has 3 nitrogen and oxygen atoms in total. The molecule has 0 atom stereocenters. The molecule has 0 spiro atoms. The van der Waals surface area contributed by atoms with Crippen molar-refractivity contribution in [1.82, 2.24) is 0 Å². The molecule has 1 aromatic carbocycles. The van der Waals surface area contributed by atoms with E-state index >= 15 is 0 Å². The van der Waals surface area contributed by atoms with Gasteiger partial charge in [0.05, 0.1) is 12.3 Å². The molecule has 14 heavy (non-hydrogen) atoms. The molecule has 0 saturated heterocycles. The molecule has 0 heterocycles. The van der Waals surface area contributed by atoms with Crippen LogP contribution >= 0.6 is 0 Å². The fourth-order valence-corrected chi connectivity index (χ4v) is 1.35. The molecule has 0 fully saturated rings. The smallest absolute Gasteiger partial charge is 0.142 e. The molecule has 0 amide bonds. The molecule has 78 valence electrons. The zero-order chi connectivity index (χ0) is 10.4. The number of nitrogens with two attached hydrogens (primary N) is 2. The number of benzene rings is 1. The van der Waals surface area contributed by atoms with Crippen LogP contribution < -0.4 is 16.2 Å². The van der Waals surface area contributed by atoms with Crippen molar-refractivity contribution in [1.29, 1.82) is 0 Å². The first-order valence-corrected chi connectivity index (χ1v) is 4.99. The standard InChI is InChI=1S/C11H18N2O/c1-2-14-11-6-5-9(4-3-7-12)8-10(11)13/h5-6,8H,2-4,7,12-13H2,1H3. The van der Waals surface area contributed by atoms with Crippen LogP contribution in [0.4, 0.5) is 5.69 Å². The highest BCUT2D eigenvalue weighted by Crippen LogP contribution is 2.22. The molecule has 1 rings (SSSR count). The molecule has 0 aromatic heterocycles. The molecule has 4 N–H and O–H groups in total. The third-order valence-electron chi connectivity index (χ3n) is 2.04. The number of ether oxygens (including phenoxy) is 1. The Labute approximate surface area is 85.0 Å². The lowest BCUT2D eigenvalue weighted by atomic mass is 10.1. The topological polar surface area (TPSA) is 61.3 Å². The minimum absolute atomic E-state index is 0.645. The summed E-state index contributed by atoms with van der Waals surface area (Å²) >= 11 is 0. The zero-order valence-corrected chi connectivity index (χ0v) is 8.62. The second kappa shape index (κ2) is 5.50. The van der Waals surface area contributed by atoms with Crippen LogP contribution in [0.5, 0.6) is 5.75 Å². The van der Waals surface area contributed by atoms with Crippen LogP contribution in [0.3, 0.4) is 0 Å². The number of aryl methyl sites for hydroxylation is 1. The van der Waals surface area contributed by atoms with Gasteiger partial charge in [0, 0.05) is 0 Å². The van der Waals surface area contributed by atoms with Crippen molar-refractivity contribution in [3.63, 3.8) is 0 Å². The van der Waals surface area contributed by atoms with E-state index in [0.29, 0.717) is 18.8 Å². The molecule has 0 aliphatic heterocycles. The summed E-state index contributed by atoms with van der Waals surface area (Å²) in [5.74, 6) is 0.768. The average Bonchev–Trinajstić information content (AvgIpc) is 2.19. The Balaban J connectivity index is 2.68. The minimum atomic E-state index is 0.645. The molecular formula is C11H18N2O. The van der Waals surface area contributed by atoms with E-state index in [1.807, 2.05) is 25.1 Å². The van der Waals surface area contributed by atoms with Gasteiger partial charge in [-0.1, -0.05) is 6.07 Å². The fourth-order valence-electron chi connectivity index (χ4n) is 1.35. The number of hydrogen-bond acceptors (Lipinski definition) is 3. The van der Waals surface area contributed by atoms with Crippen LogP contribution in [0.1, 0.15) is 18.9 Å². The van der Waals surface area contributed by atoms with Crippen molar-refractivity contribution < 1.29 is 4.74 Å². The summed E-state index contributed by atoms with van der Waals surface area (Å²) in [5.41, 5.74) is 13.2.